The number of aliphatic carboxylic acids is 1. The fraction of sp³-hybridized carbons (Fsp3) is 0.438. The van der Waals surface area contributed by atoms with E-state index in [0.29, 0.717) is 24.6 Å². The minimum Gasteiger partial charge on any atom is -0.481 e. The van der Waals surface area contributed by atoms with Gasteiger partial charge in [-0.3, -0.25) is 4.79 Å². The maximum Gasteiger partial charge on any atom is 0.303 e. The van der Waals surface area contributed by atoms with Crippen LogP contribution in [0.5, 0.6) is 0 Å². The van der Waals surface area contributed by atoms with Crippen molar-refractivity contribution in [2.75, 3.05) is 0 Å². The summed E-state index contributed by atoms with van der Waals surface area (Å²) >= 11 is 0. The molecule has 0 aliphatic rings. The smallest absolute Gasteiger partial charge is 0.303 e. The van der Waals surface area contributed by atoms with E-state index in [1.807, 2.05) is 18.2 Å². The predicted molar refractivity (Wildman–Crippen MR) is 79.0 cm³/mol. The second-order valence-electron chi connectivity index (χ2n) is 6.04. The molecule has 5 nitrogen and oxygen atoms in total. The van der Waals surface area contributed by atoms with Gasteiger partial charge in [-0.15, -0.1) is 10.2 Å². The van der Waals surface area contributed by atoms with Crippen molar-refractivity contribution in [1.29, 1.82) is 0 Å². The molecule has 0 radical (unpaired) electrons. The van der Waals surface area contributed by atoms with E-state index in [2.05, 4.69) is 37.0 Å². The molecule has 0 unspecified atom stereocenters. The van der Waals surface area contributed by atoms with Crippen LogP contribution in [0.3, 0.4) is 0 Å². The SMILES string of the molecule is CC(C)(C)c1ccccc1-c1nnc(CCCC(=O)O)o1. The molecular weight excluding hydrogens is 268 g/mol. The molecule has 21 heavy (non-hydrogen) atoms. The summed E-state index contributed by atoms with van der Waals surface area (Å²) in [6.07, 6.45) is 1.09. The van der Waals surface area contributed by atoms with E-state index in [1.165, 1.54) is 0 Å². The van der Waals surface area contributed by atoms with Crippen LogP contribution in [0.15, 0.2) is 28.7 Å². The van der Waals surface area contributed by atoms with Crippen molar-refractivity contribution in [2.24, 2.45) is 0 Å². The minimum absolute atomic E-state index is 0.0193. The van der Waals surface area contributed by atoms with Crippen molar-refractivity contribution in [1.82, 2.24) is 10.2 Å². The topological polar surface area (TPSA) is 76.2 Å². The molecule has 112 valence electrons. The van der Waals surface area contributed by atoms with Crippen LogP contribution in [0.2, 0.25) is 0 Å². The van der Waals surface area contributed by atoms with E-state index in [1.54, 1.807) is 0 Å². The molecule has 1 N–H and O–H groups in total. The third-order valence-corrected chi connectivity index (χ3v) is 3.21. The number of aryl methyl sites for hydroxylation is 1. The van der Waals surface area contributed by atoms with Gasteiger partial charge in [0.25, 0.3) is 0 Å². The zero-order valence-corrected chi connectivity index (χ0v) is 12.6. The van der Waals surface area contributed by atoms with Gasteiger partial charge in [0.1, 0.15) is 0 Å². The van der Waals surface area contributed by atoms with Gasteiger partial charge in [0.15, 0.2) is 0 Å². The Labute approximate surface area is 124 Å². The third-order valence-electron chi connectivity index (χ3n) is 3.21. The number of carbonyl (C=O) groups is 1. The van der Waals surface area contributed by atoms with Crippen LogP contribution in [0.4, 0.5) is 0 Å². The summed E-state index contributed by atoms with van der Waals surface area (Å²) in [6.45, 7) is 6.40. The zero-order chi connectivity index (χ0) is 15.5. The lowest BCUT2D eigenvalue weighted by molar-refractivity contribution is -0.137. The Morgan fingerprint density at radius 2 is 1.95 bits per heavy atom. The molecule has 2 rings (SSSR count). The summed E-state index contributed by atoms with van der Waals surface area (Å²) in [6, 6.07) is 7.96. The van der Waals surface area contributed by atoms with Crippen LogP contribution < -0.4 is 0 Å². The maximum atomic E-state index is 10.5. The highest BCUT2D eigenvalue weighted by Crippen LogP contribution is 2.32. The average molecular weight is 288 g/mol. The van der Waals surface area contributed by atoms with Crippen molar-refractivity contribution in [3.63, 3.8) is 0 Å². The molecule has 5 heteroatoms. The third kappa shape index (κ3) is 3.90. The monoisotopic (exact) mass is 288 g/mol. The van der Waals surface area contributed by atoms with E-state index >= 15 is 0 Å². The molecule has 1 heterocycles. The van der Waals surface area contributed by atoms with E-state index < -0.39 is 5.97 Å². The highest BCUT2D eigenvalue weighted by atomic mass is 16.4. The highest BCUT2D eigenvalue weighted by molar-refractivity contribution is 5.66. The van der Waals surface area contributed by atoms with Crippen molar-refractivity contribution >= 4 is 5.97 Å². The van der Waals surface area contributed by atoms with Gasteiger partial charge < -0.3 is 9.52 Å². The van der Waals surface area contributed by atoms with E-state index in [-0.39, 0.29) is 11.8 Å². The normalized spacial score (nSPS) is 11.6. The van der Waals surface area contributed by atoms with Gasteiger partial charge in [-0.2, -0.15) is 0 Å². The van der Waals surface area contributed by atoms with Crippen molar-refractivity contribution < 1.29 is 14.3 Å². The summed E-state index contributed by atoms with van der Waals surface area (Å²) < 4.78 is 5.67. The summed E-state index contributed by atoms with van der Waals surface area (Å²) in [5, 5.41) is 16.7. The molecule has 0 bridgehead atoms. The van der Waals surface area contributed by atoms with Crippen LogP contribution in [0, 0.1) is 0 Å². The van der Waals surface area contributed by atoms with Crippen LogP contribution in [-0.2, 0) is 16.6 Å². The van der Waals surface area contributed by atoms with Gasteiger partial charge in [-0.1, -0.05) is 39.0 Å². The number of rotatable bonds is 5. The zero-order valence-electron chi connectivity index (χ0n) is 12.6. The van der Waals surface area contributed by atoms with Gasteiger partial charge in [-0.25, -0.2) is 0 Å². The van der Waals surface area contributed by atoms with Crippen molar-refractivity contribution in [3.05, 3.63) is 35.7 Å². The molecule has 0 spiro atoms. The van der Waals surface area contributed by atoms with Gasteiger partial charge in [0.05, 0.1) is 0 Å². The lowest BCUT2D eigenvalue weighted by Crippen LogP contribution is -2.12. The molecule has 1 aromatic heterocycles. The fourth-order valence-electron chi connectivity index (χ4n) is 2.18. The molecule has 1 aromatic carbocycles. The van der Waals surface area contributed by atoms with Gasteiger partial charge in [0.2, 0.25) is 11.8 Å². The first kappa shape index (κ1) is 15.2. The quantitative estimate of drug-likeness (QED) is 0.912. The summed E-state index contributed by atoms with van der Waals surface area (Å²) in [5.41, 5.74) is 2.06. The molecule has 0 aliphatic heterocycles. The Morgan fingerprint density at radius 3 is 2.62 bits per heavy atom. The Balaban J connectivity index is 2.20. The summed E-state index contributed by atoms with van der Waals surface area (Å²) in [7, 11) is 0. The van der Waals surface area contributed by atoms with E-state index in [0.717, 1.165) is 11.1 Å². The summed E-state index contributed by atoms with van der Waals surface area (Å²) in [5.74, 6) is 0.161. The van der Waals surface area contributed by atoms with Gasteiger partial charge in [-0.05, 0) is 23.5 Å². The van der Waals surface area contributed by atoms with Crippen molar-refractivity contribution in [3.8, 4) is 11.5 Å². The molecule has 0 saturated carbocycles. The molecule has 0 fully saturated rings. The maximum absolute atomic E-state index is 10.5. The van der Waals surface area contributed by atoms with Gasteiger partial charge in [0, 0.05) is 18.4 Å². The highest BCUT2D eigenvalue weighted by Gasteiger charge is 2.21. The van der Waals surface area contributed by atoms with Crippen LogP contribution in [0.25, 0.3) is 11.5 Å². The molecule has 0 aliphatic carbocycles. The number of hydrogen-bond donors (Lipinski definition) is 1. The molecule has 2 aromatic rings. The lowest BCUT2D eigenvalue weighted by atomic mass is 9.84. The lowest BCUT2D eigenvalue weighted by Gasteiger charge is -2.21. The number of benzene rings is 1. The Bertz CT molecular complexity index is 626. The van der Waals surface area contributed by atoms with E-state index in [4.69, 9.17) is 9.52 Å². The fourth-order valence-corrected chi connectivity index (χ4v) is 2.18. The summed E-state index contributed by atoms with van der Waals surface area (Å²) in [4.78, 5) is 10.5. The van der Waals surface area contributed by atoms with Gasteiger partial charge >= 0.3 is 5.97 Å². The minimum atomic E-state index is -0.812. The Hall–Kier alpha value is -2.17. The Morgan fingerprint density at radius 1 is 1.24 bits per heavy atom. The van der Waals surface area contributed by atoms with Crippen molar-refractivity contribution in [2.45, 2.75) is 45.4 Å². The van der Waals surface area contributed by atoms with Crippen LogP contribution in [-0.4, -0.2) is 21.3 Å². The number of carboxylic acid groups (broad SMARTS) is 1. The standard InChI is InChI=1S/C16H20N2O3/c1-16(2,3)12-8-5-4-7-11(12)15-18-17-13(21-15)9-6-10-14(19)20/h4-5,7-8H,6,9-10H2,1-3H3,(H,19,20). The number of hydrogen-bond acceptors (Lipinski definition) is 4. The average Bonchev–Trinajstić information content (AvgIpc) is 2.86. The first-order chi connectivity index (χ1) is 9.88. The number of carboxylic acids is 1. The first-order valence-corrected chi connectivity index (χ1v) is 7.02. The number of nitrogens with zero attached hydrogens (tertiary/aromatic N) is 2. The second kappa shape index (κ2) is 6.08. The Kier molecular flexibility index (Phi) is 4.40. The second-order valence-corrected chi connectivity index (χ2v) is 6.04. The molecule has 0 amide bonds. The number of aromatic nitrogens is 2. The predicted octanol–water partition coefficient (Wildman–Crippen LogP) is 3.44. The molecular formula is C16H20N2O3. The molecule has 0 saturated heterocycles. The molecule has 0 atom stereocenters. The van der Waals surface area contributed by atoms with Crippen LogP contribution in [0.1, 0.15) is 45.1 Å². The largest absolute Gasteiger partial charge is 0.481 e. The first-order valence-electron chi connectivity index (χ1n) is 7.02. The van der Waals surface area contributed by atoms with E-state index in [9.17, 15) is 4.79 Å². The van der Waals surface area contributed by atoms with Crippen LogP contribution >= 0.6 is 0 Å².